The highest BCUT2D eigenvalue weighted by Gasteiger charge is 2.22. The summed E-state index contributed by atoms with van der Waals surface area (Å²) in [6.45, 7) is 13.1. The Morgan fingerprint density at radius 1 is 1.00 bits per heavy atom. The van der Waals surface area contributed by atoms with Crippen LogP contribution in [0.4, 0.5) is 5.82 Å². The first-order valence-corrected chi connectivity index (χ1v) is 8.58. The fraction of sp³-hybridized carbons (Fsp3) is 0.474. The molecule has 1 aromatic carbocycles. The van der Waals surface area contributed by atoms with Gasteiger partial charge in [-0.05, 0) is 19.8 Å². The third-order valence-corrected chi connectivity index (χ3v) is 4.51. The highest BCUT2D eigenvalue weighted by atomic mass is 15.2. The molecule has 122 valence electrons. The van der Waals surface area contributed by atoms with Crippen LogP contribution < -0.4 is 10.2 Å². The lowest BCUT2D eigenvalue weighted by Gasteiger charge is -2.30. The van der Waals surface area contributed by atoms with Crippen molar-refractivity contribution in [2.24, 2.45) is 0 Å². The predicted molar refractivity (Wildman–Crippen MR) is 94.9 cm³/mol. The summed E-state index contributed by atoms with van der Waals surface area (Å²) in [5, 5.41) is 2.38. The van der Waals surface area contributed by atoms with E-state index >= 15 is 0 Å². The van der Waals surface area contributed by atoms with Crippen LogP contribution in [0.2, 0.25) is 0 Å². The topological polar surface area (TPSA) is 45.6 Å². The molecule has 1 saturated heterocycles. The van der Waals surface area contributed by atoms with Crippen LogP contribution in [0, 0.1) is 13.8 Å². The second-order valence-electron chi connectivity index (χ2n) is 6.74. The smallest absolute Gasteiger partial charge is 0.161 e. The monoisotopic (exact) mass is 311 g/mol. The number of hydrogen-bond donors (Lipinski definition) is 1. The number of aryl methyl sites for hydroxylation is 2. The second-order valence-corrected chi connectivity index (χ2v) is 6.74. The SMILES string of the molecule is Cc1ccc(-c2nc(C)c(C(C)C)c(N3CC[NH2+]CC3)n2)cc1. The largest absolute Gasteiger partial charge is 0.345 e. The van der Waals surface area contributed by atoms with Crippen LogP contribution in [0.3, 0.4) is 0 Å². The van der Waals surface area contributed by atoms with Crippen molar-refractivity contribution in [2.45, 2.75) is 33.6 Å². The summed E-state index contributed by atoms with van der Waals surface area (Å²) in [4.78, 5) is 12.2. The van der Waals surface area contributed by atoms with Crippen LogP contribution in [0.1, 0.15) is 36.6 Å². The Morgan fingerprint density at radius 3 is 2.26 bits per heavy atom. The molecule has 23 heavy (non-hydrogen) atoms. The summed E-state index contributed by atoms with van der Waals surface area (Å²) in [5.41, 5.74) is 4.76. The molecule has 0 atom stereocenters. The number of benzene rings is 1. The van der Waals surface area contributed by atoms with Gasteiger partial charge in [-0.15, -0.1) is 0 Å². The minimum absolute atomic E-state index is 0.433. The summed E-state index contributed by atoms with van der Waals surface area (Å²) in [7, 11) is 0. The highest BCUT2D eigenvalue weighted by molar-refractivity contribution is 5.61. The van der Waals surface area contributed by atoms with Crippen LogP contribution in [0.15, 0.2) is 24.3 Å². The number of quaternary nitrogens is 1. The number of nitrogens with zero attached hydrogens (tertiary/aromatic N) is 3. The van der Waals surface area contributed by atoms with Crippen molar-refractivity contribution in [3.8, 4) is 11.4 Å². The lowest BCUT2D eigenvalue weighted by molar-refractivity contribution is -0.655. The molecule has 4 nitrogen and oxygen atoms in total. The molecule has 3 rings (SSSR count). The van der Waals surface area contributed by atoms with E-state index < -0.39 is 0 Å². The number of anilines is 1. The van der Waals surface area contributed by atoms with Crippen LogP contribution in [-0.4, -0.2) is 36.1 Å². The molecule has 2 N–H and O–H groups in total. The Hall–Kier alpha value is -1.94. The standard InChI is InChI=1S/C19H26N4/c1-13(2)17-15(4)21-18(16-7-5-14(3)6-8-16)22-19(17)23-11-9-20-10-12-23/h5-8,13,20H,9-12H2,1-4H3/p+1. The zero-order valence-electron chi connectivity index (χ0n) is 14.6. The van der Waals surface area contributed by atoms with Gasteiger partial charge < -0.3 is 10.2 Å². The van der Waals surface area contributed by atoms with Crippen LogP contribution in [0.25, 0.3) is 11.4 Å². The Kier molecular flexibility index (Phi) is 4.62. The third kappa shape index (κ3) is 3.37. The molecule has 0 saturated carbocycles. The van der Waals surface area contributed by atoms with E-state index in [0.717, 1.165) is 49.1 Å². The van der Waals surface area contributed by atoms with E-state index in [1.165, 1.54) is 11.1 Å². The van der Waals surface area contributed by atoms with Crippen LogP contribution in [0.5, 0.6) is 0 Å². The van der Waals surface area contributed by atoms with E-state index in [-0.39, 0.29) is 0 Å². The Balaban J connectivity index is 2.08. The van der Waals surface area contributed by atoms with E-state index in [9.17, 15) is 0 Å². The highest BCUT2D eigenvalue weighted by Crippen LogP contribution is 2.30. The molecular formula is C19H27N4+. The van der Waals surface area contributed by atoms with Gasteiger partial charge in [0.1, 0.15) is 5.82 Å². The molecule has 0 spiro atoms. The molecule has 0 aliphatic carbocycles. The van der Waals surface area contributed by atoms with E-state index in [1.54, 1.807) is 0 Å². The molecule has 0 amide bonds. The molecule has 4 heteroatoms. The fourth-order valence-electron chi connectivity index (χ4n) is 3.28. The quantitative estimate of drug-likeness (QED) is 0.946. The van der Waals surface area contributed by atoms with Gasteiger partial charge in [-0.2, -0.15) is 0 Å². The summed E-state index contributed by atoms with van der Waals surface area (Å²) < 4.78 is 0. The van der Waals surface area contributed by atoms with E-state index in [0.29, 0.717) is 5.92 Å². The third-order valence-electron chi connectivity index (χ3n) is 4.51. The molecule has 2 aromatic rings. The maximum atomic E-state index is 4.98. The first-order chi connectivity index (χ1) is 11.1. The average molecular weight is 311 g/mol. The number of piperazine rings is 1. The first kappa shape index (κ1) is 15.9. The fourth-order valence-corrected chi connectivity index (χ4v) is 3.28. The number of nitrogens with two attached hydrogens (primary N) is 1. The second kappa shape index (κ2) is 6.67. The van der Waals surface area contributed by atoms with Gasteiger partial charge in [-0.1, -0.05) is 43.7 Å². The van der Waals surface area contributed by atoms with Crippen molar-refractivity contribution in [3.05, 3.63) is 41.1 Å². The average Bonchev–Trinajstić information content (AvgIpc) is 2.55. The van der Waals surface area contributed by atoms with Gasteiger partial charge in [-0.3, -0.25) is 0 Å². The Morgan fingerprint density at radius 2 is 1.65 bits per heavy atom. The minimum Gasteiger partial charge on any atom is -0.345 e. The Labute approximate surface area is 139 Å². The van der Waals surface area contributed by atoms with Gasteiger partial charge in [0.2, 0.25) is 0 Å². The molecule has 0 bridgehead atoms. The molecule has 1 aromatic heterocycles. The van der Waals surface area contributed by atoms with Crippen LogP contribution >= 0.6 is 0 Å². The van der Waals surface area contributed by atoms with Crippen molar-refractivity contribution >= 4 is 5.82 Å². The van der Waals surface area contributed by atoms with E-state index in [2.05, 4.69) is 62.2 Å². The van der Waals surface area contributed by atoms with Gasteiger partial charge >= 0.3 is 0 Å². The maximum absolute atomic E-state index is 4.98. The van der Waals surface area contributed by atoms with Gasteiger partial charge in [0.25, 0.3) is 0 Å². The van der Waals surface area contributed by atoms with E-state index in [1.807, 2.05) is 0 Å². The minimum atomic E-state index is 0.433. The van der Waals surface area contributed by atoms with Crippen molar-refractivity contribution in [1.29, 1.82) is 0 Å². The van der Waals surface area contributed by atoms with Crippen molar-refractivity contribution in [3.63, 3.8) is 0 Å². The lowest BCUT2D eigenvalue weighted by Crippen LogP contribution is -2.89. The summed E-state index contributed by atoms with van der Waals surface area (Å²) in [6.07, 6.45) is 0. The summed E-state index contributed by atoms with van der Waals surface area (Å²) in [6, 6.07) is 8.49. The molecule has 2 heterocycles. The lowest BCUT2D eigenvalue weighted by atomic mass is 10.0. The van der Waals surface area contributed by atoms with Crippen molar-refractivity contribution in [2.75, 3.05) is 31.1 Å². The van der Waals surface area contributed by atoms with Gasteiger partial charge in [0.05, 0.1) is 26.2 Å². The van der Waals surface area contributed by atoms with Gasteiger partial charge in [0, 0.05) is 16.8 Å². The number of aromatic nitrogens is 2. The van der Waals surface area contributed by atoms with Crippen molar-refractivity contribution in [1.82, 2.24) is 9.97 Å². The molecule has 0 radical (unpaired) electrons. The van der Waals surface area contributed by atoms with Crippen molar-refractivity contribution < 1.29 is 5.32 Å². The maximum Gasteiger partial charge on any atom is 0.161 e. The molecule has 1 aliphatic heterocycles. The normalized spacial score (nSPS) is 15.3. The summed E-state index contributed by atoms with van der Waals surface area (Å²) in [5.74, 6) is 2.41. The molecule has 1 aliphatic rings. The predicted octanol–water partition coefficient (Wildman–Crippen LogP) is 2.27. The van der Waals surface area contributed by atoms with Crippen LogP contribution in [-0.2, 0) is 0 Å². The first-order valence-electron chi connectivity index (χ1n) is 8.58. The number of rotatable bonds is 3. The van der Waals surface area contributed by atoms with Gasteiger partial charge in [0.15, 0.2) is 5.82 Å². The molecule has 1 fully saturated rings. The zero-order chi connectivity index (χ0) is 16.4. The van der Waals surface area contributed by atoms with Gasteiger partial charge in [-0.25, -0.2) is 9.97 Å². The summed E-state index contributed by atoms with van der Waals surface area (Å²) >= 11 is 0. The van der Waals surface area contributed by atoms with E-state index in [4.69, 9.17) is 9.97 Å². The molecular weight excluding hydrogens is 284 g/mol. The zero-order valence-corrected chi connectivity index (χ0v) is 14.6. The Bertz CT molecular complexity index is 671. The molecule has 0 unspecified atom stereocenters. The number of hydrogen-bond acceptors (Lipinski definition) is 3.